The third-order valence-corrected chi connectivity index (χ3v) is 3.37. The zero-order chi connectivity index (χ0) is 9.95. The van der Waals surface area contributed by atoms with Crippen LogP contribution in [0.5, 0.6) is 0 Å². The van der Waals surface area contributed by atoms with E-state index in [4.69, 9.17) is 9.47 Å². The second-order valence-electron chi connectivity index (χ2n) is 3.90. The van der Waals surface area contributed by atoms with Crippen molar-refractivity contribution in [1.29, 1.82) is 0 Å². The summed E-state index contributed by atoms with van der Waals surface area (Å²) < 4.78 is 11.9. The summed E-state index contributed by atoms with van der Waals surface area (Å²) in [5.74, 6) is -0.286. The lowest BCUT2D eigenvalue weighted by Gasteiger charge is -2.30. The van der Waals surface area contributed by atoms with Crippen LogP contribution < -0.4 is 0 Å². The Hall–Kier alpha value is -0.0800. The third-order valence-electron chi connectivity index (χ3n) is 3.37. The van der Waals surface area contributed by atoms with Crippen LogP contribution in [0.3, 0.4) is 0 Å². The minimum atomic E-state index is -0.286. The Labute approximate surface area is 81.6 Å². The average molecular weight is 186 g/mol. The molecule has 0 radical (unpaired) electrons. The van der Waals surface area contributed by atoms with Gasteiger partial charge in [-0.25, -0.2) is 0 Å². The molecule has 1 aliphatic heterocycles. The van der Waals surface area contributed by atoms with Crippen LogP contribution >= 0.6 is 0 Å². The van der Waals surface area contributed by atoms with Crippen LogP contribution in [0.25, 0.3) is 0 Å². The molecule has 0 spiro atoms. The molecule has 2 nitrogen and oxygen atoms in total. The van der Waals surface area contributed by atoms with E-state index in [0.29, 0.717) is 0 Å². The highest BCUT2D eigenvalue weighted by Crippen LogP contribution is 2.39. The molecule has 1 heterocycles. The van der Waals surface area contributed by atoms with Crippen molar-refractivity contribution in [3.05, 3.63) is 0 Å². The van der Waals surface area contributed by atoms with Crippen molar-refractivity contribution in [3.63, 3.8) is 0 Å². The molecule has 0 N–H and O–H groups in total. The molecular weight excluding hydrogens is 164 g/mol. The van der Waals surface area contributed by atoms with Crippen molar-refractivity contribution in [1.82, 2.24) is 0 Å². The summed E-state index contributed by atoms with van der Waals surface area (Å²) >= 11 is 0. The summed E-state index contributed by atoms with van der Waals surface area (Å²) in [5.41, 5.74) is -0.00792. The molecule has 1 rings (SSSR count). The normalized spacial score (nSPS) is 24.9. The minimum absolute atomic E-state index is 0.00792. The molecular formula is C11H22O2. The van der Waals surface area contributed by atoms with Gasteiger partial charge in [0.2, 0.25) is 0 Å². The molecule has 0 unspecified atom stereocenters. The van der Waals surface area contributed by atoms with E-state index in [9.17, 15) is 0 Å². The number of ether oxygens (including phenoxy) is 2. The second kappa shape index (κ2) is 3.97. The van der Waals surface area contributed by atoms with Crippen molar-refractivity contribution in [2.75, 3.05) is 6.61 Å². The van der Waals surface area contributed by atoms with Crippen LogP contribution in [0, 0.1) is 0 Å². The maximum Gasteiger partial charge on any atom is 0.168 e. The molecule has 0 atom stereocenters. The molecule has 0 aromatic heterocycles. The van der Waals surface area contributed by atoms with Gasteiger partial charge in [0.1, 0.15) is 0 Å². The first-order valence-corrected chi connectivity index (χ1v) is 5.50. The molecule has 1 fully saturated rings. The van der Waals surface area contributed by atoms with Crippen molar-refractivity contribution in [2.24, 2.45) is 0 Å². The number of hydrogen-bond acceptors (Lipinski definition) is 2. The molecule has 1 saturated heterocycles. The summed E-state index contributed by atoms with van der Waals surface area (Å²) in [6.45, 7) is 9.38. The Balaban J connectivity index is 2.69. The minimum Gasteiger partial charge on any atom is -0.347 e. The Morgan fingerprint density at radius 2 is 1.46 bits per heavy atom. The van der Waals surface area contributed by atoms with Crippen LogP contribution in [-0.4, -0.2) is 18.0 Å². The van der Waals surface area contributed by atoms with Gasteiger partial charge in [0.05, 0.1) is 12.2 Å². The zero-order valence-electron chi connectivity index (χ0n) is 9.35. The van der Waals surface area contributed by atoms with Crippen LogP contribution in [-0.2, 0) is 9.47 Å². The Morgan fingerprint density at radius 3 is 1.69 bits per heavy atom. The van der Waals surface area contributed by atoms with E-state index in [1.165, 1.54) is 0 Å². The van der Waals surface area contributed by atoms with Crippen LogP contribution in [0.2, 0.25) is 0 Å². The van der Waals surface area contributed by atoms with Gasteiger partial charge in [-0.05, 0) is 25.7 Å². The van der Waals surface area contributed by atoms with E-state index < -0.39 is 0 Å². The smallest absolute Gasteiger partial charge is 0.168 e. The Bertz CT molecular complexity index is 139. The van der Waals surface area contributed by atoms with E-state index >= 15 is 0 Å². The zero-order valence-corrected chi connectivity index (χ0v) is 9.35. The van der Waals surface area contributed by atoms with Crippen LogP contribution in [0.15, 0.2) is 0 Å². The first-order valence-electron chi connectivity index (χ1n) is 5.50. The Kier molecular flexibility index (Phi) is 3.36. The quantitative estimate of drug-likeness (QED) is 0.671. The fourth-order valence-corrected chi connectivity index (χ4v) is 1.91. The molecule has 0 bridgehead atoms. The molecule has 0 amide bonds. The van der Waals surface area contributed by atoms with Gasteiger partial charge in [-0.2, -0.15) is 0 Å². The predicted octanol–water partition coefficient (Wildman–Crippen LogP) is 3.11. The van der Waals surface area contributed by atoms with Crippen molar-refractivity contribution < 1.29 is 9.47 Å². The number of rotatable bonds is 4. The predicted molar refractivity (Wildman–Crippen MR) is 53.7 cm³/mol. The summed E-state index contributed by atoms with van der Waals surface area (Å²) in [7, 11) is 0. The summed E-state index contributed by atoms with van der Waals surface area (Å²) in [6.07, 6.45) is 3.99. The van der Waals surface area contributed by atoms with Gasteiger partial charge < -0.3 is 9.47 Å². The lowest BCUT2D eigenvalue weighted by atomic mass is 9.99. The monoisotopic (exact) mass is 186 g/mol. The fourth-order valence-electron chi connectivity index (χ4n) is 1.91. The highest BCUT2D eigenvalue weighted by atomic mass is 16.8. The molecule has 0 saturated carbocycles. The van der Waals surface area contributed by atoms with E-state index in [2.05, 4.69) is 27.7 Å². The van der Waals surface area contributed by atoms with Gasteiger partial charge in [0.25, 0.3) is 0 Å². The lowest BCUT2D eigenvalue weighted by Crippen LogP contribution is -2.35. The third kappa shape index (κ3) is 1.89. The fraction of sp³-hybridized carbons (Fsp3) is 1.00. The molecule has 2 heteroatoms. The van der Waals surface area contributed by atoms with E-state index in [1.54, 1.807) is 0 Å². The second-order valence-corrected chi connectivity index (χ2v) is 3.90. The summed E-state index contributed by atoms with van der Waals surface area (Å²) in [6, 6.07) is 0. The highest BCUT2D eigenvalue weighted by Gasteiger charge is 2.46. The van der Waals surface area contributed by atoms with Crippen LogP contribution in [0.4, 0.5) is 0 Å². The number of hydrogen-bond donors (Lipinski definition) is 0. The molecule has 0 aromatic carbocycles. The van der Waals surface area contributed by atoms with Crippen LogP contribution in [0.1, 0.15) is 53.4 Å². The van der Waals surface area contributed by atoms with Gasteiger partial charge in [0.15, 0.2) is 5.79 Å². The first-order chi connectivity index (χ1) is 6.16. The van der Waals surface area contributed by atoms with Gasteiger partial charge in [-0.1, -0.05) is 27.7 Å². The highest BCUT2D eigenvalue weighted by molar-refractivity contribution is 4.88. The Morgan fingerprint density at radius 1 is 0.923 bits per heavy atom. The van der Waals surface area contributed by atoms with Gasteiger partial charge in [-0.15, -0.1) is 0 Å². The largest absolute Gasteiger partial charge is 0.347 e. The van der Waals surface area contributed by atoms with Crippen molar-refractivity contribution in [2.45, 2.75) is 64.8 Å². The molecule has 0 aromatic rings. The molecule has 0 aliphatic carbocycles. The molecule has 1 aliphatic rings. The maximum absolute atomic E-state index is 6.11. The lowest BCUT2D eigenvalue weighted by molar-refractivity contribution is -0.192. The SMILES string of the molecule is CCC1(CC)COC(CC)(CC)O1. The average Bonchev–Trinajstić information content (AvgIpc) is 2.59. The maximum atomic E-state index is 6.11. The van der Waals surface area contributed by atoms with E-state index in [-0.39, 0.29) is 11.4 Å². The molecule has 78 valence electrons. The standard InChI is InChI=1S/C11H22O2/c1-5-10(6-2)9-12-11(7-3,8-4)13-10/h5-9H2,1-4H3. The summed E-state index contributed by atoms with van der Waals surface area (Å²) in [5, 5.41) is 0. The topological polar surface area (TPSA) is 18.5 Å². The van der Waals surface area contributed by atoms with Crippen molar-refractivity contribution in [3.8, 4) is 0 Å². The van der Waals surface area contributed by atoms with E-state index in [1.807, 2.05) is 0 Å². The van der Waals surface area contributed by atoms with Gasteiger partial charge in [-0.3, -0.25) is 0 Å². The first kappa shape index (κ1) is 11.0. The van der Waals surface area contributed by atoms with Crippen molar-refractivity contribution >= 4 is 0 Å². The van der Waals surface area contributed by atoms with Gasteiger partial charge >= 0.3 is 0 Å². The van der Waals surface area contributed by atoms with E-state index in [0.717, 1.165) is 32.3 Å². The van der Waals surface area contributed by atoms with Gasteiger partial charge in [0, 0.05) is 0 Å². The molecule has 13 heavy (non-hydrogen) atoms. The summed E-state index contributed by atoms with van der Waals surface area (Å²) in [4.78, 5) is 0.